The van der Waals surface area contributed by atoms with Gasteiger partial charge in [0.1, 0.15) is 0 Å². The van der Waals surface area contributed by atoms with Crippen LogP contribution in [0.5, 0.6) is 0 Å². The Morgan fingerprint density at radius 2 is 1.90 bits per heavy atom. The number of hydrogen-bond donors (Lipinski definition) is 2. The van der Waals surface area contributed by atoms with Gasteiger partial charge in [0.05, 0.1) is 6.54 Å². The lowest BCUT2D eigenvalue weighted by Crippen LogP contribution is -2.33. The van der Waals surface area contributed by atoms with E-state index >= 15 is 0 Å². The van der Waals surface area contributed by atoms with Gasteiger partial charge in [-0.15, -0.1) is 24.0 Å². The van der Waals surface area contributed by atoms with E-state index in [1.165, 1.54) is 16.3 Å². The largest absolute Gasteiger partial charge is 0.370 e. The summed E-state index contributed by atoms with van der Waals surface area (Å²) in [7, 11) is 0. The molecule has 0 spiro atoms. The topological polar surface area (TPSA) is 50.4 Å². The van der Waals surface area contributed by atoms with Crippen LogP contribution in [0.2, 0.25) is 0 Å². The Hall–Kier alpha value is -1.56. The minimum Gasteiger partial charge on any atom is -0.370 e. The minimum absolute atomic E-state index is 0. The summed E-state index contributed by atoms with van der Waals surface area (Å²) in [6, 6.07) is 14.8. The summed E-state index contributed by atoms with van der Waals surface area (Å²) in [5.74, 6) is 0.480. The predicted molar refractivity (Wildman–Crippen MR) is 102 cm³/mol. The second-order valence-corrected chi connectivity index (χ2v) is 4.97. The van der Waals surface area contributed by atoms with Crippen LogP contribution in [-0.2, 0) is 6.42 Å². The maximum absolute atomic E-state index is 5.80. The average molecular weight is 395 g/mol. The number of guanidine groups is 1. The van der Waals surface area contributed by atoms with Gasteiger partial charge in [0.2, 0.25) is 0 Å². The van der Waals surface area contributed by atoms with Gasteiger partial charge >= 0.3 is 0 Å². The molecular weight excluding hydrogens is 373 g/mol. The van der Waals surface area contributed by atoms with Crippen molar-refractivity contribution >= 4 is 40.7 Å². The molecule has 0 bridgehead atoms. The number of benzene rings is 2. The Morgan fingerprint density at radius 1 is 1.19 bits per heavy atom. The van der Waals surface area contributed by atoms with E-state index in [9.17, 15) is 0 Å². The van der Waals surface area contributed by atoms with Gasteiger partial charge in [0.25, 0.3) is 0 Å². The van der Waals surface area contributed by atoms with Crippen molar-refractivity contribution in [3.63, 3.8) is 0 Å². The van der Waals surface area contributed by atoms with Crippen LogP contribution < -0.4 is 11.1 Å². The highest BCUT2D eigenvalue weighted by molar-refractivity contribution is 14.0. The molecule has 0 aliphatic rings. The van der Waals surface area contributed by atoms with Gasteiger partial charge in [-0.1, -0.05) is 54.6 Å². The first kappa shape index (κ1) is 17.5. The zero-order valence-corrected chi connectivity index (χ0v) is 14.6. The summed E-state index contributed by atoms with van der Waals surface area (Å²) in [4.78, 5) is 4.20. The second-order valence-electron chi connectivity index (χ2n) is 4.97. The van der Waals surface area contributed by atoms with E-state index in [0.717, 1.165) is 18.5 Å². The Bertz CT molecular complexity index is 629. The van der Waals surface area contributed by atoms with Crippen LogP contribution >= 0.6 is 24.0 Å². The van der Waals surface area contributed by atoms with Crippen LogP contribution in [0.3, 0.4) is 0 Å². The maximum atomic E-state index is 5.80. The quantitative estimate of drug-likeness (QED) is 0.353. The third-order valence-electron chi connectivity index (χ3n) is 3.10. The fourth-order valence-electron chi connectivity index (χ4n) is 2.11. The summed E-state index contributed by atoms with van der Waals surface area (Å²) in [6.07, 6.45) is 0.921. The Balaban J connectivity index is 0.00000220. The molecule has 2 aromatic rings. The molecule has 3 N–H and O–H groups in total. The number of halogens is 1. The van der Waals surface area contributed by atoms with E-state index in [2.05, 4.69) is 59.4 Å². The molecule has 0 aliphatic heterocycles. The summed E-state index contributed by atoms with van der Waals surface area (Å²) in [5, 5.41) is 5.71. The van der Waals surface area contributed by atoms with Crippen LogP contribution in [0.15, 0.2) is 59.6 Å². The van der Waals surface area contributed by atoms with E-state index in [0.29, 0.717) is 12.5 Å². The normalized spacial score (nSPS) is 11.0. The third kappa shape index (κ3) is 5.38. The van der Waals surface area contributed by atoms with Crippen molar-refractivity contribution in [3.05, 3.63) is 60.2 Å². The first-order valence-electron chi connectivity index (χ1n) is 6.81. The van der Waals surface area contributed by atoms with Gasteiger partial charge in [-0.25, -0.2) is 4.99 Å². The highest BCUT2D eigenvalue weighted by Gasteiger charge is 2.00. The number of hydrogen-bond acceptors (Lipinski definition) is 1. The fourth-order valence-corrected chi connectivity index (χ4v) is 2.11. The number of aliphatic imine (C=N–C) groups is 1. The number of fused-ring (bicyclic) bond motifs is 1. The van der Waals surface area contributed by atoms with Crippen molar-refractivity contribution in [3.8, 4) is 0 Å². The average Bonchev–Trinajstić information content (AvgIpc) is 2.45. The molecule has 2 aromatic carbocycles. The van der Waals surface area contributed by atoms with Crippen LogP contribution in [-0.4, -0.2) is 19.0 Å². The number of nitrogens with one attached hydrogen (secondary N) is 1. The molecule has 0 atom stereocenters. The SMILES string of the molecule is C=C(C)CN=C(N)NCCc1cccc2ccccc12.I. The van der Waals surface area contributed by atoms with Gasteiger partial charge in [-0.3, -0.25) is 0 Å². The Labute approximate surface area is 143 Å². The van der Waals surface area contributed by atoms with E-state index in [1.54, 1.807) is 0 Å². The Morgan fingerprint density at radius 3 is 2.67 bits per heavy atom. The predicted octanol–water partition coefficient (Wildman–Crippen LogP) is 3.48. The molecule has 0 aromatic heterocycles. The highest BCUT2D eigenvalue weighted by atomic mass is 127. The van der Waals surface area contributed by atoms with Gasteiger partial charge in [-0.2, -0.15) is 0 Å². The van der Waals surface area contributed by atoms with Crippen molar-refractivity contribution in [2.45, 2.75) is 13.3 Å². The lowest BCUT2D eigenvalue weighted by molar-refractivity contribution is 0.856. The molecule has 0 radical (unpaired) electrons. The van der Waals surface area contributed by atoms with E-state index < -0.39 is 0 Å². The molecule has 0 saturated carbocycles. The van der Waals surface area contributed by atoms with Crippen LogP contribution in [0.1, 0.15) is 12.5 Å². The lowest BCUT2D eigenvalue weighted by atomic mass is 10.0. The zero-order valence-electron chi connectivity index (χ0n) is 12.3. The molecular formula is C17H22IN3. The lowest BCUT2D eigenvalue weighted by Gasteiger charge is -2.08. The molecule has 3 nitrogen and oxygen atoms in total. The van der Waals surface area contributed by atoms with E-state index in [4.69, 9.17) is 5.73 Å². The highest BCUT2D eigenvalue weighted by Crippen LogP contribution is 2.18. The number of nitrogens with two attached hydrogens (primary N) is 1. The molecule has 21 heavy (non-hydrogen) atoms. The zero-order chi connectivity index (χ0) is 14.4. The Kier molecular flexibility index (Phi) is 7.22. The maximum Gasteiger partial charge on any atom is 0.188 e. The molecule has 4 heteroatoms. The van der Waals surface area contributed by atoms with Gasteiger partial charge in [-0.05, 0) is 29.7 Å². The number of rotatable bonds is 5. The second kappa shape index (κ2) is 8.67. The number of nitrogens with zero attached hydrogens (tertiary/aromatic N) is 1. The smallest absolute Gasteiger partial charge is 0.188 e. The first-order valence-corrected chi connectivity index (χ1v) is 6.81. The van der Waals surface area contributed by atoms with Crippen LogP contribution in [0, 0.1) is 0 Å². The van der Waals surface area contributed by atoms with E-state index in [1.807, 2.05) is 6.92 Å². The molecule has 112 valence electrons. The molecule has 0 unspecified atom stereocenters. The van der Waals surface area contributed by atoms with Gasteiger partial charge < -0.3 is 11.1 Å². The first-order chi connectivity index (χ1) is 9.66. The molecule has 0 heterocycles. The minimum atomic E-state index is 0. The van der Waals surface area contributed by atoms with Gasteiger partial charge in [0.15, 0.2) is 5.96 Å². The van der Waals surface area contributed by atoms with Gasteiger partial charge in [0, 0.05) is 6.54 Å². The van der Waals surface area contributed by atoms with Crippen LogP contribution in [0.4, 0.5) is 0 Å². The monoisotopic (exact) mass is 395 g/mol. The van der Waals surface area contributed by atoms with E-state index in [-0.39, 0.29) is 24.0 Å². The standard InChI is InChI=1S/C17H21N3.HI/c1-13(2)12-20-17(18)19-11-10-15-8-5-7-14-6-3-4-9-16(14)15;/h3-9H,1,10-12H2,2H3,(H3,18,19,20);1H. The molecule has 0 aliphatic carbocycles. The molecule has 0 fully saturated rings. The molecule has 0 amide bonds. The summed E-state index contributed by atoms with van der Waals surface area (Å²) >= 11 is 0. The van der Waals surface area contributed by atoms with Crippen molar-refractivity contribution in [1.29, 1.82) is 0 Å². The molecule has 0 saturated heterocycles. The van der Waals surface area contributed by atoms with Crippen molar-refractivity contribution < 1.29 is 0 Å². The molecule has 2 rings (SSSR count). The van der Waals surface area contributed by atoms with Crippen molar-refractivity contribution in [2.75, 3.05) is 13.1 Å². The summed E-state index contributed by atoms with van der Waals surface area (Å²) in [6.45, 7) is 7.09. The fraction of sp³-hybridized carbons (Fsp3) is 0.235. The van der Waals surface area contributed by atoms with Crippen molar-refractivity contribution in [1.82, 2.24) is 5.32 Å². The van der Waals surface area contributed by atoms with Crippen LogP contribution in [0.25, 0.3) is 10.8 Å². The van der Waals surface area contributed by atoms with Crippen molar-refractivity contribution in [2.24, 2.45) is 10.7 Å². The third-order valence-corrected chi connectivity index (χ3v) is 3.10. The summed E-state index contributed by atoms with van der Waals surface area (Å²) < 4.78 is 0. The summed E-state index contributed by atoms with van der Waals surface area (Å²) in [5.41, 5.74) is 8.12.